The van der Waals surface area contributed by atoms with Crippen molar-refractivity contribution in [3.05, 3.63) is 35.4 Å². The van der Waals surface area contributed by atoms with Crippen LogP contribution in [0.25, 0.3) is 0 Å². The molecule has 0 spiro atoms. The Morgan fingerprint density at radius 1 is 1.16 bits per heavy atom. The highest BCUT2D eigenvalue weighted by molar-refractivity contribution is 6.05. The first-order chi connectivity index (χ1) is 11.8. The predicted octanol–water partition coefficient (Wildman–Crippen LogP) is 1.77. The molecule has 2 aliphatic rings. The van der Waals surface area contributed by atoms with Gasteiger partial charge in [-0.25, -0.2) is 0 Å². The number of hydrogen-bond donors (Lipinski definition) is 0. The van der Waals surface area contributed by atoms with Crippen molar-refractivity contribution >= 4 is 11.8 Å². The molecule has 8 heteroatoms. The second kappa shape index (κ2) is 6.76. The van der Waals surface area contributed by atoms with Crippen molar-refractivity contribution < 1.29 is 27.5 Å². The van der Waals surface area contributed by atoms with Gasteiger partial charge in [0, 0.05) is 26.7 Å². The van der Waals surface area contributed by atoms with Gasteiger partial charge in [-0.1, -0.05) is 18.2 Å². The lowest BCUT2D eigenvalue weighted by atomic mass is 10.00. The number of fused-ring (bicyclic) bond motifs is 1. The first-order valence-corrected chi connectivity index (χ1v) is 8.04. The normalized spacial score (nSPS) is 24.2. The zero-order valence-corrected chi connectivity index (χ0v) is 13.8. The van der Waals surface area contributed by atoms with Crippen LogP contribution in [0.3, 0.4) is 0 Å². The average Bonchev–Trinajstić information content (AvgIpc) is 3.06. The third kappa shape index (κ3) is 3.55. The molecule has 2 saturated heterocycles. The van der Waals surface area contributed by atoms with Crippen molar-refractivity contribution in [1.82, 2.24) is 9.80 Å². The molecule has 0 aromatic heterocycles. The Morgan fingerprint density at radius 3 is 2.36 bits per heavy atom. The summed E-state index contributed by atoms with van der Waals surface area (Å²) < 4.78 is 43.3. The van der Waals surface area contributed by atoms with Crippen LogP contribution in [0.1, 0.15) is 11.1 Å². The smallest absolute Gasteiger partial charge is 0.383 e. The number of carbonyl (C=O) groups excluding carboxylic acids is 2. The first-order valence-electron chi connectivity index (χ1n) is 8.04. The number of carbonyl (C=O) groups is 2. The maximum atomic E-state index is 12.8. The quantitative estimate of drug-likeness (QED) is 0.755. The van der Waals surface area contributed by atoms with E-state index in [1.807, 2.05) is 4.90 Å². The Labute approximate surface area is 143 Å². The minimum Gasteiger partial charge on any atom is -0.383 e. The molecular weight excluding hydrogens is 337 g/mol. The fourth-order valence-corrected chi connectivity index (χ4v) is 3.53. The van der Waals surface area contributed by atoms with E-state index in [-0.39, 0.29) is 24.9 Å². The van der Waals surface area contributed by atoms with Crippen LogP contribution in [0.4, 0.5) is 13.2 Å². The van der Waals surface area contributed by atoms with Gasteiger partial charge in [-0.05, 0) is 11.6 Å². The Kier molecular flexibility index (Phi) is 4.83. The van der Waals surface area contributed by atoms with E-state index in [9.17, 15) is 22.8 Å². The Hall–Kier alpha value is -1.93. The average molecular weight is 356 g/mol. The standard InChI is InChI=1S/C17H19F3N2O3/c1-25-6-5-22-15(23)13-9-21(10-14(13)16(22)24)8-11-3-2-4-12(7-11)17(18,19)20/h2-4,7,13-14H,5-6,8-10H2,1H3/t13-,14+. The highest BCUT2D eigenvalue weighted by Crippen LogP contribution is 2.35. The summed E-state index contributed by atoms with van der Waals surface area (Å²) in [4.78, 5) is 27.8. The van der Waals surface area contributed by atoms with Gasteiger partial charge in [0.15, 0.2) is 0 Å². The lowest BCUT2D eigenvalue weighted by Gasteiger charge is -2.20. The van der Waals surface area contributed by atoms with Crippen LogP contribution in [-0.2, 0) is 27.0 Å². The number of amides is 2. The maximum absolute atomic E-state index is 12.8. The van der Waals surface area contributed by atoms with Crippen molar-refractivity contribution in [3.8, 4) is 0 Å². The molecule has 2 aliphatic heterocycles. The van der Waals surface area contributed by atoms with E-state index >= 15 is 0 Å². The molecular formula is C17H19F3N2O3. The molecule has 1 aromatic carbocycles. The van der Waals surface area contributed by atoms with E-state index in [1.165, 1.54) is 18.1 Å². The Bertz CT molecular complexity index is 653. The Balaban J connectivity index is 1.66. The molecule has 0 bridgehead atoms. The summed E-state index contributed by atoms with van der Waals surface area (Å²) in [5.41, 5.74) is -0.173. The van der Waals surface area contributed by atoms with Crippen molar-refractivity contribution in [1.29, 1.82) is 0 Å². The lowest BCUT2D eigenvalue weighted by Crippen LogP contribution is -2.37. The largest absolute Gasteiger partial charge is 0.416 e. The van der Waals surface area contributed by atoms with Gasteiger partial charge in [0.2, 0.25) is 11.8 Å². The van der Waals surface area contributed by atoms with Gasteiger partial charge >= 0.3 is 6.18 Å². The summed E-state index contributed by atoms with van der Waals surface area (Å²) in [7, 11) is 1.50. The first kappa shape index (κ1) is 17.9. The molecule has 2 amide bonds. The number of methoxy groups -OCH3 is 1. The summed E-state index contributed by atoms with van der Waals surface area (Å²) in [6.07, 6.45) is -4.38. The van der Waals surface area contributed by atoms with Gasteiger partial charge in [-0.2, -0.15) is 13.2 Å². The van der Waals surface area contributed by atoms with Crippen molar-refractivity contribution in [2.45, 2.75) is 12.7 Å². The topological polar surface area (TPSA) is 49.9 Å². The van der Waals surface area contributed by atoms with Gasteiger partial charge in [0.05, 0.1) is 30.6 Å². The van der Waals surface area contributed by atoms with E-state index in [1.54, 1.807) is 6.07 Å². The molecule has 2 atom stereocenters. The Morgan fingerprint density at radius 2 is 1.80 bits per heavy atom. The summed E-state index contributed by atoms with van der Waals surface area (Å²) in [5.74, 6) is -1.23. The van der Waals surface area contributed by atoms with E-state index in [2.05, 4.69) is 0 Å². The van der Waals surface area contributed by atoms with Crippen LogP contribution >= 0.6 is 0 Å². The van der Waals surface area contributed by atoms with Crippen molar-refractivity contribution in [3.63, 3.8) is 0 Å². The molecule has 1 aromatic rings. The second-order valence-electron chi connectivity index (χ2n) is 6.43. The molecule has 2 heterocycles. The highest BCUT2D eigenvalue weighted by Gasteiger charge is 2.51. The fraction of sp³-hybridized carbons (Fsp3) is 0.529. The van der Waals surface area contributed by atoms with Gasteiger partial charge in [-0.15, -0.1) is 0 Å². The molecule has 0 saturated carbocycles. The molecule has 0 radical (unpaired) electrons. The van der Waals surface area contributed by atoms with Crippen LogP contribution in [-0.4, -0.2) is 55.0 Å². The molecule has 3 rings (SSSR count). The molecule has 25 heavy (non-hydrogen) atoms. The zero-order chi connectivity index (χ0) is 18.2. The van der Waals surface area contributed by atoms with E-state index in [0.29, 0.717) is 25.3 Å². The van der Waals surface area contributed by atoms with Crippen LogP contribution in [0.2, 0.25) is 0 Å². The third-order valence-corrected chi connectivity index (χ3v) is 4.74. The van der Waals surface area contributed by atoms with E-state index in [4.69, 9.17) is 4.74 Å². The number of halogens is 3. The van der Waals surface area contributed by atoms with E-state index in [0.717, 1.165) is 12.1 Å². The van der Waals surface area contributed by atoms with Gasteiger partial charge in [0.25, 0.3) is 0 Å². The molecule has 0 aliphatic carbocycles. The number of likely N-dealkylation sites (tertiary alicyclic amines) is 2. The fourth-order valence-electron chi connectivity index (χ4n) is 3.53. The van der Waals surface area contributed by atoms with Crippen molar-refractivity contribution in [2.24, 2.45) is 11.8 Å². The number of hydrogen-bond acceptors (Lipinski definition) is 4. The van der Waals surface area contributed by atoms with Crippen LogP contribution in [0, 0.1) is 11.8 Å². The van der Waals surface area contributed by atoms with E-state index < -0.39 is 23.6 Å². The number of rotatable bonds is 5. The zero-order valence-electron chi connectivity index (χ0n) is 13.8. The predicted molar refractivity (Wildman–Crippen MR) is 82.3 cm³/mol. The molecule has 136 valence electrons. The number of alkyl halides is 3. The van der Waals surface area contributed by atoms with Gasteiger partial charge in [-0.3, -0.25) is 19.4 Å². The SMILES string of the molecule is COCCN1C(=O)[C@H]2CN(Cc3cccc(C(F)(F)F)c3)C[C@H]2C1=O. The summed E-state index contributed by atoms with van der Waals surface area (Å²) >= 11 is 0. The monoisotopic (exact) mass is 356 g/mol. The molecule has 2 fully saturated rings. The number of benzene rings is 1. The summed E-state index contributed by atoms with van der Waals surface area (Å²) in [6, 6.07) is 5.14. The number of nitrogens with zero attached hydrogens (tertiary/aromatic N) is 2. The molecule has 0 unspecified atom stereocenters. The maximum Gasteiger partial charge on any atom is 0.416 e. The van der Waals surface area contributed by atoms with Gasteiger partial charge in [0.1, 0.15) is 0 Å². The lowest BCUT2D eigenvalue weighted by molar-refractivity contribution is -0.141. The summed E-state index contributed by atoms with van der Waals surface area (Å²) in [6.45, 7) is 1.60. The second-order valence-corrected chi connectivity index (χ2v) is 6.43. The van der Waals surface area contributed by atoms with Gasteiger partial charge < -0.3 is 4.74 Å². The minimum atomic E-state index is -4.38. The molecule has 0 N–H and O–H groups in total. The molecule has 5 nitrogen and oxygen atoms in total. The minimum absolute atomic E-state index is 0.210. The highest BCUT2D eigenvalue weighted by atomic mass is 19.4. The van der Waals surface area contributed by atoms with Crippen LogP contribution < -0.4 is 0 Å². The number of imide groups is 1. The number of ether oxygens (including phenoxy) is 1. The third-order valence-electron chi connectivity index (χ3n) is 4.74. The summed E-state index contributed by atoms with van der Waals surface area (Å²) in [5, 5.41) is 0. The van der Waals surface area contributed by atoms with Crippen LogP contribution in [0.5, 0.6) is 0 Å². The van der Waals surface area contributed by atoms with Crippen molar-refractivity contribution in [2.75, 3.05) is 33.4 Å². The van der Waals surface area contributed by atoms with Crippen LogP contribution in [0.15, 0.2) is 24.3 Å².